The van der Waals surface area contributed by atoms with E-state index in [0.29, 0.717) is 6.04 Å². The van der Waals surface area contributed by atoms with Crippen LogP contribution in [0.2, 0.25) is 0 Å². The minimum atomic E-state index is 0.537. The maximum atomic E-state index is 5.50. The fourth-order valence-corrected chi connectivity index (χ4v) is 1.99. The second-order valence-electron chi connectivity index (χ2n) is 3.89. The summed E-state index contributed by atoms with van der Waals surface area (Å²) >= 11 is 0. The van der Waals surface area contributed by atoms with Gasteiger partial charge in [-0.3, -0.25) is 0 Å². The van der Waals surface area contributed by atoms with Crippen molar-refractivity contribution in [2.75, 3.05) is 20.3 Å². The van der Waals surface area contributed by atoms with Crippen molar-refractivity contribution in [3.05, 3.63) is 0 Å². The molecule has 0 aliphatic carbocycles. The van der Waals surface area contributed by atoms with Crippen molar-refractivity contribution in [2.45, 2.75) is 52.5 Å². The summed E-state index contributed by atoms with van der Waals surface area (Å²) in [6.07, 6.45) is 5.17. The molecule has 86 valence electrons. The number of nitrogens with one attached hydrogen (secondary N) is 1. The Morgan fingerprint density at radius 2 is 1.64 bits per heavy atom. The van der Waals surface area contributed by atoms with Gasteiger partial charge in [-0.05, 0) is 32.7 Å². The van der Waals surface area contributed by atoms with Crippen LogP contribution in [0.3, 0.4) is 0 Å². The number of likely N-dealkylation sites (N-methyl/N-ethyl adjacent to an activating group) is 1. The molecule has 0 fully saturated rings. The van der Waals surface area contributed by atoms with E-state index in [1.807, 2.05) is 7.05 Å². The van der Waals surface area contributed by atoms with Crippen molar-refractivity contribution in [1.29, 1.82) is 0 Å². The van der Waals surface area contributed by atoms with Crippen molar-refractivity contribution >= 4 is 0 Å². The number of rotatable bonds is 9. The predicted octanol–water partition coefficient (Wildman–Crippen LogP) is 2.83. The molecule has 0 aliphatic heterocycles. The predicted molar refractivity (Wildman–Crippen MR) is 62.6 cm³/mol. The van der Waals surface area contributed by atoms with E-state index < -0.39 is 0 Å². The Hall–Kier alpha value is -0.0800. The lowest BCUT2D eigenvalue weighted by molar-refractivity contribution is 0.101. The Bertz CT molecular complexity index is 111. The molecule has 0 aromatic rings. The molecule has 14 heavy (non-hydrogen) atoms. The zero-order chi connectivity index (χ0) is 10.8. The second kappa shape index (κ2) is 9.47. The highest BCUT2D eigenvalue weighted by molar-refractivity contribution is 4.74. The average molecular weight is 201 g/mol. The summed E-state index contributed by atoms with van der Waals surface area (Å²) in [6.45, 7) is 8.26. The molecular formula is C12H27NO. The summed E-state index contributed by atoms with van der Waals surface area (Å²) < 4.78 is 5.50. The summed E-state index contributed by atoms with van der Waals surface area (Å²) in [6, 6.07) is 0.537. The first-order valence-corrected chi connectivity index (χ1v) is 6.05. The molecule has 0 saturated heterocycles. The van der Waals surface area contributed by atoms with Gasteiger partial charge in [0, 0.05) is 12.6 Å². The highest BCUT2D eigenvalue weighted by Crippen LogP contribution is 2.18. The lowest BCUT2D eigenvalue weighted by atomic mass is 9.91. The molecule has 0 amide bonds. The Kier molecular flexibility index (Phi) is 9.42. The normalized spacial score (nSPS) is 13.5. The van der Waals surface area contributed by atoms with Crippen LogP contribution < -0.4 is 5.32 Å². The Morgan fingerprint density at radius 1 is 1.07 bits per heavy atom. The minimum absolute atomic E-state index is 0.537. The highest BCUT2D eigenvalue weighted by Gasteiger charge is 2.18. The van der Waals surface area contributed by atoms with E-state index >= 15 is 0 Å². The van der Waals surface area contributed by atoms with E-state index in [-0.39, 0.29) is 0 Å². The van der Waals surface area contributed by atoms with Gasteiger partial charge in [-0.25, -0.2) is 0 Å². The molecule has 2 nitrogen and oxygen atoms in total. The smallest absolute Gasteiger partial charge is 0.0622 e. The van der Waals surface area contributed by atoms with Crippen molar-refractivity contribution in [3.8, 4) is 0 Å². The van der Waals surface area contributed by atoms with Gasteiger partial charge in [-0.15, -0.1) is 0 Å². The topological polar surface area (TPSA) is 21.3 Å². The van der Waals surface area contributed by atoms with E-state index in [9.17, 15) is 0 Å². The molecule has 0 aromatic carbocycles. The third-order valence-electron chi connectivity index (χ3n) is 2.76. The van der Waals surface area contributed by atoms with Gasteiger partial charge in [0.05, 0.1) is 6.61 Å². The first-order valence-electron chi connectivity index (χ1n) is 6.05. The van der Waals surface area contributed by atoms with Gasteiger partial charge in [0.25, 0.3) is 0 Å². The van der Waals surface area contributed by atoms with Crippen LogP contribution in [0.25, 0.3) is 0 Å². The van der Waals surface area contributed by atoms with Crippen LogP contribution in [0.15, 0.2) is 0 Å². The molecule has 0 aliphatic rings. The van der Waals surface area contributed by atoms with Crippen LogP contribution in [-0.2, 0) is 4.74 Å². The average Bonchev–Trinajstić information content (AvgIpc) is 2.19. The molecule has 1 unspecified atom stereocenters. The Morgan fingerprint density at radius 3 is 2.00 bits per heavy atom. The molecule has 0 radical (unpaired) electrons. The molecule has 2 heteroatoms. The number of ether oxygens (including phenoxy) is 1. The van der Waals surface area contributed by atoms with Gasteiger partial charge in [-0.2, -0.15) is 0 Å². The lowest BCUT2D eigenvalue weighted by Crippen LogP contribution is -2.37. The van der Waals surface area contributed by atoms with Crippen LogP contribution in [0.5, 0.6) is 0 Å². The quantitative estimate of drug-likeness (QED) is 0.619. The van der Waals surface area contributed by atoms with Crippen molar-refractivity contribution in [1.82, 2.24) is 5.32 Å². The molecule has 0 rings (SSSR count). The fourth-order valence-electron chi connectivity index (χ4n) is 1.99. The molecule has 0 saturated carbocycles. The zero-order valence-electron chi connectivity index (χ0n) is 10.3. The van der Waals surface area contributed by atoms with E-state index in [1.165, 1.54) is 25.7 Å². The van der Waals surface area contributed by atoms with Gasteiger partial charge in [-0.1, -0.05) is 26.7 Å². The molecule has 1 N–H and O–H groups in total. The SMILES string of the molecule is CCCC(CCC)C(COCC)NC. The minimum Gasteiger partial charge on any atom is -0.380 e. The number of hydrogen-bond acceptors (Lipinski definition) is 2. The molecule has 0 bridgehead atoms. The largest absolute Gasteiger partial charge is 0.380 e. The maximum absolute atomic E-state index is 5.50. The summed E-state index contributed by atoms with van der Waals surface area (Å²) in [7, 11) is 2.04. The monoisotopic (exact) mass is 201 g/mol. The van der Waals surface area contributed by atoms with Gasteiger partial charge >= 0.3 is 0 Å². The van der Waals surface area contributed by atoms with E-state index in [0.717, 1.165) is 19.1 Å². The zero-order valence-corrected chi connectivity index (χ0v) is 10.3. The first-order chi connectivity index (χ1) is 6.79. The molecule has 0 heterocycles. The van der Waals surface area contributed by atoms with Gasteiger partial charge in [0.2, 0.25) is 0 Å². The highest BCUT2D eigenvalue weighted by atomic mass is 16.5. The van der Waals surface area contributed by atoms with Crippen LogP contribution in [0.4, 0.5) is 0 Å². The van der Waals surface area contributed by atoms with E-state index in [1.54, 1.807) is 0 Å². The fraction of sp³-hybridized carbons (Fsp3) is 1.00. The first kappa shape index (κ1) is 13.9. The molecule has 1 atom stereocenters. The van der Waals surface area contributed by atoms with Gasteiger partial charge in [0.1, 0.15) is 0 Å². The Labute approximate surface area is 89.4 Å². The summed E-state index contributed by atoms with van der Waals surface area (Å²) in [5, 5.41) is 3.38. The van der Waals surface area contributed by atoms with Gasteiger partial charge < -0.3 is 10.1 Å². The third kappa shape index (κ3) is 5.61. The Balaban J connectivity index is 3.96. The molecule has 0 spiro atoms. The van der Waals surface area contributed by atoms with Crippen LogP contribution in [0, 0.1) is 5.92 Å². The van der Waals surface area contributed by atoms with E-state index in [2.05, 4.69) is 26.1 Å². The van der Waals surface area contributed by atoms with Crippen LogP contribution >= 0.6 is 0 Å². The third-order valence-corrected chi connectivity index (χ3v) is 2.76. The van der Waals surface area contributed by atoms with Crippen LogP contribution in [0.1, 0.15) is 46.5 Å². The van der Waals surface area contributed by atoms with Gasteiger partial charge in [0.15, 0.2) is 0 Å². The van der Waals surface area contributed by atoms with Crippen molar-refractivity contribution < 1.29 is 4.74 Å². The van der Waals surface area contributed by atoms with Crippen molar-refractivity contribution in [2.24, 2.45) is 5.92 Å². The lowest BCUT2D eigenvalue weighted by Gasteiger charge is -2.26. The van der Waals surface area contributed by atoms with Crippen LogP contribution in [-0.4, -0.2) is 26.3 Å². The molecule has 0 aromatic heterocycles. The van der Waals surface area contributed by atoms with E-state index in [4.69, 9.17) is 4.74 Å². The molecular weight excluding hydrogens is 174 g/mol. The summed E-state index contributed by atoms with van der Waals surface area (Å²) in [5.41, 5.74) is 0. The standard InChI is InChI=1S/C12H27NO/c1-5-8-11(9-6-2)12(13-4)10-14-7-3/h11-13H,5-10H2,1-4H3. The number of hydrogen-bond donors (Lipinski definition) is 1. The maximum Gasteiger partial charge on any atom is 0.0622 e. The summed E-state index contributed by atoms with van der Waals surface area (Å²) in [4.78, 5) is 0. The second-order valence-corrected chi connectivity index (χ2v) is 3.89. The summed E-state index contributed by atoms with van der Waals surface area (Å²) in [5.74, 6) is 0.779. The van der Waals surface area contributed by atoms with Crippen molar-refractivity contribution in [3.63, 3.8) is 0 Å².